The molecule has 2 rings (SSSR count). The molecule has 3 nitrogen and oxygen atoms in total. The van der Waals surface area contributed by atoms with Gasteiger partial charge in [-0.2, -0.15) is 0 Å². The van der Waals surface area contributed by atoms with Crippen LogP contribution >= 0.6 is 0 Å². The summed E-state index contributed by atoms with van der Waals surface area (Å²) in [5.41, 5.74) is 0.457. The minimum atomic E-state index is 0.457. The van der Waals surface area contributed by atoms with Gasteiger partial charge in [-0.3, -0.25) is 0 Å². The molecule has 3 atom stereocenters. The van der Waals surface area contributed by atoms with Crippen molar-refractivity contribution >= 4 is 0 Å². The fourth-order valence-corrected chi connectivity index (χ4v) is 3.50. The Kier molecular flexibility index (Phi) is 5.27. The topological polar surface area (TPSA) is 24.5 Å². The van der Waals surface area contributed by atoms with Crippen LogP contribution in [0.2, 0.25) is 0 Å². The van der Waals surface area contributed by atoms with E-state index in [0.29, 0.717) is 17.4 Å². The molecule has 0 amide bonds. The van der Waals surface area contributed by atoms with Gasteiger partial charge in [-0.15, -0.1) is 0 Å². The summed E-state index contributed by atoms with van der Waals surface area (Å²) in [5.74, 6) is 1.57. The zero-order valence-electron chi connectivity index (χ0n) is 13.2. The van der Waals surface area contributed by atoms with Crippen molar-refractivity contribution in [2.75, 3.05) is 39.4 Å². The summed E-state index contributed by atoms with van der Waals surface area (Å²) >= 11 is 0. The lowest BCUT2D eigenvalue weighted by Crippen LogP contribution is -2.45. The maximum Gasteiger partial charge on any atom is 0.0510 e. The molecule has 0 radical (unpaired) electrons. The van der Waals surface area contributed by atoms with Gasteiger partial charge in [-0.05, 0) is 37.3 Å². The Labute approximate surface area is 119 Å². The molecule has 0 bridgehead atoms. The van der Waals surface area contributed by atoms with Gasteiger partial charge >= 0.3 is 0 Å². The second-order valence-corrected chi connectivity index (χ2v) is 7.40. The molecule has 3 unspecified atom stereocenters. The normalized spacial score (nSPS) is 30.9. The molecule has 3 heteroatoms. The van der Waals surface area contributed by atoms with Crippen LogP contribution in [-0.4, -0.2) is 50.3 Å². The van der Waals surface area contributed by atoms with Crippen LogP contribution < -0.4 is 5.32 Å². The number of likely N-dealkylation sites (tertiary alicyclic amines) is 1. The van der Waals surface area contributed by atoms with E-state index >= 15 is 0 Å². The summed E-state index contributed by atoms with van der Waals surface area (Å²) in [6, 6.07) is 0.617. The van der Waals surface area contributed by atoms with Gasteiger partial charge in [0.2, 0.25) is 0 Å². The van der Waals surface area contributed by atoms with Crippen molar-refractivity contribution in [3.05, 3.63) is 0 Å². The third-order valence-corrected chi connectivity index (χ3v) is 4.95. The van der Waals surface area contributed by atoms with Gasteiger partial charge in [0, 0.05) is 31.7 Å². The summed E-state index contributed by atoms with van der Waals surface area (Å²) in [5, 5.41) is 3.68. The molecular formula is C16H32N2O. The molecule has 0 aromatic rings. The number of rotatable bonds is 5. The molecule has 0 saturated carbocycles. The summed E-state index contributed by atoms with van der Waals surface area (Å²) in [6.07, 6.45) is 2.59. The van der Waals surface area contributed by atoms with E-state index < -0.39 is 0 Å². The molecular weight excluding hydrogens is 236 g/mol. The monoisotopic (exact) mass is 268 g/mol. The molecule has 2 fully saturated rings. The lowest BCUT2D eigenvalue weighted by Gasteiger charge is -2.30. The predicted molar refractivity (Wildman–Crippen MR) is 80.4 cm³/mol. The third-order valence-electron chi connectivity index (χ3n) is 4.95. The van der Waals surface area contributed by atoms with Crippen LogP contribution in [-0.2, 0) is 4.74 Å². The van der Waals surface area contributed by atoms with E-state index in [2.05, 4.69) is 37.9 Å². The SMILES string of the molecule is CCNC(CN1CCC(C(C)(C)C)C1)C1CCOC1. The molecule has 1 N–H and O–H groups in total. The summed E-state index contributed by atoms with van der Waals surface area (Å²) in [7, 11) is 0. The molecule has 0 aromatic carbocycles. The van der Waals surface area contributed by atoms with E-state index in [1.54, 1.807) is 0 Å². The number of nitrogens with zero attached hydrogens (tertiary/aromatic N) is 1. The highest BCUT2D eigenvalue weighted by Gasteiger charge is 2.34. The van der Waals surface area contributed by atoms with Gasteiger partial charge < -0.3 is 15.0 Å². The van der Waals surface area contributed by atoms with E-state index in [-0.39, 0.29) is 0 Å². The van der Waals surface area contributed by atoms with Crippen molar-refractivity contribution in [2.24, 2.45) is 17.3 Å². The van der Waals surface area contributed by atoms with Crippen LogP contribution in [0.1, 0.15) is 40.5 Å². The smallest absolute Gasteiger partial charge is 0.0510 e. The van der Waals surface area contributed by atoms with E-state index in [0.717, 1.165) is 25.7 Å². The molecule has 2 saturated heterocycles. The minimum Gasteiger partial charge on any atom is -0.381 e. The highest BCUT2D eigenvalue weighted by molar-refractivity contribution is 4.88. The van der Waals surface area contributed by atoms with E-state index in [1.807, 2.05) is 0 Å². The van der Waals surface area contributed by atoms with Gasteiger partial charge in [0.25, 0.3) is 0 Å². The highest BCUT2D eigenvalue weighted by atomic mass is 16.5. The fourth-order valence-electron chi connectivity index (χ4n) is 3.50. The average molecular weight is 268 g/mol. The average Bonchev–Trinajstić information content (AvgIpc) is 2.98. The summed E-state index contributed by atoms with van der Waals surface area (Å²) in [4.78, 5) is 2.67. The Bertz CT molecular complexity index is 268. The molecule has 2 heterocycles. The van der Waals surface area contributed by atoms with Crippen molar-refractivity contribution in [3.8, 4) is 0 Å². The van der Waals surface area contributed by atoms with E-state index in [9.17, 15) is 0 Å². The van der Waals surface area contributed by atoms with Gasteiger partial charge in [-0.1, -0.05) is 27.7 Å². The minimum absolute atomic E-state index is 0.457. The third kappa shape index (κ3) is 4.17. The van der Waals surface area contributed by atoms with Crippen molar-refractivity contribution in [2.45, 2.75) is 46.6 Å². The molecule has 19 heavy (non-hydrogen) atoms. The number of ether oxygens (including phenoxy) is 1. The largest absolute Gasteiger partial charge is 0.381 e. The van der Waals surface area contributed by atoms with Crippen molar-refractivity contribution in [1.82, 2.24) is 10.2 Å². The lowest BCUT2D eigenvalue weighted by molar-refractivity contribution is 0.162. The number of nitrogens with one attached hydrogen (secondary N) is 1. The number of hydrogen-bond donors (Lipinski definition) is 1. The lowest BCUT2D eigenvalue weighted by atomic mass is 9.80. The Morgan fingerprint density at radius 2 is 2.11 bits per heavy atom. The maximum atomic E-state index is 5.57. The number of likely N-dealkylation sites (N-methyl/N-ethyl adjacent to an activating group) is 1. The van der Waals surface area contributed by atoms with Crippen LogP contribution in [0.25, 0.3) is 0 Å². The van der Waals surface area contributed by atoms with E-state index in [1.165, 1.54) is 32.5 Å². The van der Waals surface area contributed by atoms with E-state index in [4.69, 9.17) is 4.74 Å². The van der Waals surface area contributed by atoms with Gasteiger partial charge in [0.1, 0.15) is 0 Å². The first-order valence-corrected chi connectivity index (χ1v) is 8.04. The van der Waals surface area contributed by atoms with Gasteiger partial charge in [0.15, 0.2) is 0 Å². The second-order valence-electron chi connectivity index (χ2n) is 7.40. The Morgan fingerprint density at radius 3 is 2.63 bits per heavy atom. The molecule has 112 valence electrons. The van der Waals surface area contributed by atoms with Crippen LogP contribution in [0.4, 0.5) is 0 Å². The zero-order valence-corrected chi connectivity index (χ0v) is 13.2. The van der Waals surface area contributed by atoms with Crippen molar-refractivity contribution in [1.29, 1.82) is 0 Å². The van der Waals surface area contributed by atoms with Crippen LogP contribution in [0.3, 0.4) is 0 Å². The zero-order chi connectivity index (χ0) is 13.9. The molecule has 0 aromatic heterocycles. The fraction of sp³-hybridized carbons (Fsp3) is 1.00. The molecule has 0 spiro atoms. The van der Waals surface area contributed by atoms with Gasteiger partial charge in [-0.25, -0.2) is 0 Å². The molecule has 0 aliphatic carbocycles. The van der Waals surface area contributed by atoms with Crippen LogP contribution in [0.15, 0.2) is 0 Å². The van der Waals surface area contributed by atoms with Crippen molar-refractivity contribution in [3.63, 3.8) is 0 Å². The molecule has 2 aliphatic heterocycles. The maximum absolute atomic E-state index is 5.57. The second kappa shape index (κ2) is 6.55. The number of hydrogen-bond acceptors (Lipinski definition) is 3. The standard InChI is InChI=1S/C16H32N2O/c1-5-17-15(13-7-9-19-12-13)11-18-8-6-14(10-18)16(2,3)4/h13-15,17H,5-12H2,1-4H3. The first kappa shape index (κ1) is 15.3. The van der Waals surface area contributed by atoms with Crippen LogP contribution in [0, 0.1) is 17.3 Å². The van der Waals surface area contributed by atoms with Crippen LogP contribution in [0.5, 0.6) is 0 Å². The first-order chi connectivity index (χ1) is 9.00. The highest BCUT2D eigenvalue weighted by Crippen LogP contribution is 2.33. The Morgan fingerprint density at radius 1 is 1.32 bits per heavy atom. The summed E-state index contributed by atoms with van der Waals surface area (Å²) in [6.45, 7) is 16.1. The van der Waals surface area contributed by atoms with Crippen molar-refractivity contribution < 1.29 is 4.74 Å². The Hall–Kier alpha value is -0.120. The summed E-state index contributed by atoms with van der Waals surface area (Å²) < 4.78 is 5.57. The predicted octanol–water partition coefficient (Wildman–Crippen LogP) is 2.37. The first-order valence-electron chi connectivity index (χ1n) is 8.04. The van der Waals surface area contributed by atoms with Gasteiger partial charge in [0.05, 0.1) is 6.61 Å². The Balaban J connectivity index is 1.84. The molecule has 2 aliphatic rings. The quantitative estimate of drug-likeness (QED) is 0.828.